The number of halogens is 1. The molecule has 0 aliphatic heterocycles. The quantitative estimate of drug-likeness (QED) is 0.586. The summed E-state index contributed by atoms with van der Waals surface area (Å²) in [6.07, 6.45) is 3.22. The highest BCUT2D eigenvalue weighted by Gasteiger charge is 2.18. The van der Waals surface area contributed by atoms with Gasteiger partial charge in [-0.15, -0.1) is 0 Å². The van der Waals surface area contributed by atoms with Gasteiger partial charge in [-0.2, -0.15) is 0 Å². The molecule has 0 unspecified atom stereocenters. The van der Waals surface area contributed by atoms with Crippen molar-refractivity contribution in [2.75, 3.05) is 19.0 Å². The van der Waals surface area contributed by atoms with Gasteiger partial charge in [-0.1, -0.05) is 24.3 Å². The zero-order valence-corrected chi connectivity index (χ0v) is 18.2. The van der Waals surface area contributed by atoms with Gasteiger partial charge in [-0.25, -0.2) is 14.8 Å². The Bertz CT molecular complexity index is 1100. The molecule has 0 aliphatic carbocycles. The number of primary amides is 1. The van der Waals surface area contributed by atoms with Crippen LogP contribution in [0.5, 0.6) is 11.8 Å². The van der Waals surface area contributed by atoms with E-state index in [1.54, 1.807) is 29.4 Å². The number of amides is 3. The van der Waals surface area contributed by atoms with Crippen molar-refractivity contribution in [3.8, 4) is 22.9 Å². The van der Waals surface area contributed by atoms with Crippen LogP contribution in [0.4, 0.5) is 10.5 Å². The molecule has 9 heteroatoms. The van der Waals surface area contributed by atoms with Crippen LogP contribution < -0.4 is 20.7 Å². The van der Waals surface area contributed by atoms with Gasteiger partial charge in [0.05, 0.1) is 10.0 Å². The van der Waals surface area contributed by atoms with E-state index in [-0.39, 0.29) is 6.01 Å². The molecule has 0 radical (unpaired) electrons. The average molecular weight is 470 g/mol. The molecule has 1 heterocycles. The summed E-state index contributed by atoms with van der Waals surface area (Å²) in [4.78, 5) is 33.5. The number of aryl methyl sites for hydroxylation is 1. The zero-order chi connectivity index (χ0) is 21.8. The normalized spacial score (nSPS) is 10.4. The van der Waals surface area contributed by atoms with Gasteiger partial charge >= 0.3 is 12.0 Å². The highest BCUT2D eigenvalue weighted by molar-refractivity contribution is 9.10. The molecule has 3 N–H and O–H groups in total. The van der Waals surface area contributed by atoms with Gasteiger partial charge in [0.25, 0.3) is 5.91 Å². The van der Waals surface area contributed by atoms with Crippen LogP contribution in [0.3, 0.4) is 0 Å². The summed E-state index contributed by atoms with van der Waals surface area (Å²) in [7, 11) is 3.62. The highest BCUT2D eigenvalue weighted by Crippen LogP contribution is 2.37. The SMILES string of the molecule is Cc1cccc(-c2ccc(C(=O)NC(N)=O)c(N(C)C)c2)c1Oc1ncc(Br)cn1. The smallest absolute Gasteiger partial charge is 0.321 e. The molecule has 0 saturated heterocycles. The van der Waals surface area contributed by atoms with Crippen molar-refractivity contribution in [3.63, 3.8) is 0 Å². The number of hydrogen-bond donors (Lipinski definition) is 2. The average Bonchev–Trinajstić information content (AvgIpc) is 2.70. The number of urea groups is 1. The van der Waals surface area contributed by atoms with Crippen molar-refractivity contribution in [3.05, 3.63) is 64.4 Å². The third-order valence-electron chi connectivity index (χ3n) is 4.27. The number of aromatic nitrogens is 2. The van der Waals surface area contributed by atoms with Gasteiger partial charge in [-0.05, 0) is 46.1 Å². The topological polar surface area (TPSA) is 110 Å². The molecule has 0 fully saturated rings. The van der Waals surface area contributed by atoms with Crippen LogP contribution in [0, 0.1) is 6.92 Å². The van der Waals surface area contributed by atoms with Crippen molar-refractivity contribution in [1.29, 1.82) is 0 Å². The lowest BCUT2D eigenvalue weighted by atomic mass is 9.98. The standard InChI is InChI=1S/C21H20BrN5O3/c1-12-5-4-6-15(18(12)30-21-24-10-14(22)11-25-21)13-7-8-16(17(9-13)27(2)3)19(28)26-20(23)29/h4-11H,1-3H3,(H3,23,26,28,29). The maximum atomic E-state index is 12.3. The van der Waals surface area contributed by atoms with Crippen LogP contribution in [0.1, 0.15) is 15.9 Å². The van der Waals surface area contributed by atoms with Gasteiger partial charge in [0.2, 0.25) is 0 Å². The summed E-state index contributed by atoms with van der Waals surface area (Å²) >= 11 is 3.30. The number of carbonyl (C=O) groups excluding carboxylic acids is 2. The highest BCUT2D eigenvalue weighted by atomic mass is 79.9. The van der Waals surface area contributed by atoms with Crippen molar-refractivity contribution in [2.24, 2.45) is 5.73 Å². The number of carbonyl (C=O) groups is 2. The van der Waals surface area contributed by atoms with Crippen molar-refractivity contribution in [1.82, 2.24) is 15.3 Å². The number of ether oxygens (including phenoxy) is 1. The molecule has 3 rings (SSSR count). The van der Waals surface area contributed by atoms with Crippen LogP contribution in [0.25, 0.3) is 11.1 Å². The van der Waals surface area contributed by atoms with E-state index in [4.69, 9.17) is 10.5 Å². The molecule has 0 bridgehead atoms. The number of nitrogens with zero attached hydrogens (tertiary/aromatic N) is 3. The lowest BCUT2D eigenvalue weighted by Crippen LogP contribution is -2.35. The zero-order valence-electron chi connectivity index (χ0n) is 16.6. The minimum Gasteiger partial charge on any atom is -0.423 e. The fourth-order valence-electron chi connectivity index (χ4n) is 2.90. The number of anilines is 1. The minimum absolute atomic E-state index is 0.221. The van der Waals surface area contributed by atoms with E-state index in [1.807, 2.05) is 45.3 Å². The number of imide groups is 1. The molecule has 0 aliphatic rings. The van der Waals surface area contributed by atoms with Gasteiger partial charge < -0.3 is 15.4 Å². The summed E-state index contributed by atoms with van der Waals surface area (Å²) in [6.45, 7) is 1.93. The van der Waals surface area contributed by atoms with Crippen LogP contribution in [0.2, 0.25) is 0 Å². The molecule has 30 heavy (non-hydrogen) atoms. The lowest BCUT2D eigenvalue weighted by molar-refractivity contribution is 0.0967. The van der Waals surface area contributed by atoms with Crippen molar-refractivity contribution < 1.29 is 14.3 Å². The summed E-state index contributed by atoms with van der Waals surface area (Å²) in [5.41, 5.74) is 8.57. The van der Waals surface area contributed by atoms with Crippen LogP contribution in [-0.4, -0.2) is 36.0 Å². The lowest BCUT2D eigenvalue weighted by Gasteiger charge is -2.19. The summed E-state index contributed by atoms with van der Waals surface area (Å²) < 4.78 is 6.73. The fraction of sp³-hybridized carbons (Fsp3) is 0.143. The van der Waals surface area contributed by atoms with Gasteiger partial charge in [0.1, 0.15) is 5.75 Å². The Kier molecular flexibility index (Phi) is 6.31. The molecular formula is C21H20BrN5O3. The predicted octanol–water partition coefficient (Wildman–Crippen LogP) is 3.88. The van der Waals surface area contributed by atoms with E-state index in [0.29, 0.717) is 17.0 Å². The van der Waals surface area contributed by atoms with E-state index in [9.17, 15) is 9.59 Å². The number of para-hydroxylation sites is 1. The second-order valence-electron chi connectivity index (χ2n) is 6.68. The Morgan fingerprint density at radius 2 is 1.83 bits per heavy atom. The molecule has 0 atom stereocenters. The van der Waals surface area contributed by atoms with Gasteiger partial charge in [-0.3, -0.25) is 10.1 Å². The van der Waals surface area contributed by atoms with E-state index < -0.39 is 11.9 Å². The maximum absolute atomic E-state index is 12.3. The Labute approximate surface area is 182 Å². The molecular weight excluding hydrogens is 450 g/mol. The first kappa shape index (κ1) is 21.3. The van der Waals surface area contributed by atoms with Crippen LogP contribution in [-0.2, 0) is 0 Å². The largest absolute Gasteiger partial charge is 0.423 e. The first-order valence-corrected chi connectivity index (χ1v) is 9.73. The molecule has 154 valence electrons. The van der Waals surface area contributed by atoms with E-state index in [1.165, 1.54) is 0 Å². The maximum Gasteiger partial charge on any atom is 0.321 e. The molecule has 2 aromatic carbocycles. The van der Waals surface area contributed by atoms with Gasteiger partial charge in [0, 0.05) is 37.7 Å². The molecule has 0 saturated carbocycles. The number of hydrogen-bond acceptors (Lipinski definition) is 6. The molecule has 8 nitrogen and oxygen atoms in total. The summed E-state index contributed by atoms with van der Waals surface area (Å²) in [6, 6.07) is 10.4. The van der Waals surface area contributed by atoms with Crippen LogP contribution in [0.15, 0.2) is 53.3 Å². The Morgan fingerprint density at radius 1 is 1.13 bits per heavy atom. The number of benzene rings is 2. The monoisotopic (exact) mass is 469 g/mol. The minimum atomic E-state index is -0.905. The third-order valence-corrected chi connectivity index (χ3v) is 4.68. The van der Waals surface area contributed by atoms with Crippen molar-refractivity contribution >= 4 is 33.6 Å². The second kappa shape index (κ2) is 8.91. The fourth-order valence-corrected chi connectivity index (χ4v) is 3.10. The van der Waals surface area contributed by atoms with Gasteiger partial charge in [0.15, 0.2) is 0 Å². The molecule has 3 aromatic rings. The Hall–Kier alpha value is -3.46. The first-order valence-electron chi connectivity index (χ1n) is 8.94. The number of rotatable bonds is 5. The molecule has 1 aromatic heterocycles. The van der Waals surface area contributed by atoms with Crippen molar-refractivity contribution in [2.45, 2.75) is 6.92 Å². The molecule has 3 amide bonds. The Balaban J connectivity index is 2.06. The summed E-state index contributed by atoms with van der Waals surface area (Å²) in [5, 5.41) is 2.10. The van der Waals surface area contributed by atoms with Crippen LogP contribution >= 0.6 is 15.9 Å². The van der Waals surface area contributed by atoms with E-state index in [0.717, 1.165) is 21.2 Å². The second-order valence-corrected chi connectivity index (χ2v) is 7.60. The summed E-state index contributed by atoms with van der Waals surface area (Å²) in [5.74, 6) is 0.0422. The molecule has 0 spiro atoms. The van der Waals surface area contributed by atoms with E-state index in [2.05, 4.69) is 31.2 Å². The predicted molar refractivity (Wildman–Crippen MR) is 118 cm³/mol. The van der Waals surface area contributed by atoms with E-state index >= 15 is 0 Å². The number of nitrogens with two attached hydrogens (primary N) is 1. The first-order chi connectivity index (χ1) is 14.3. The third kappa shape index (κ3) is 4.74. The number of nitrogens with one attached hydrogen (secondary N) is 1. The Morgan fingerprint density at radius 3 is 2.47 bits per heavy atom.